The number of anilines is 1. The van der Waals surface area contributed by atoms with E-state index in [2.05, 4.69) is 14.9 Å². The Labute approximate surface area is 117 Å². The average Bonchev–Trinajstić information content (AvgIpc) is 2.43. The molecule has 0 radical (unpaired) electrons. The van der Waals surface area contributed by atoms with Crippen molar-refractivity contribution in [2.45, 2.75) is 0 Å². The molecule has 0 saturated carbocycles. The highest BCUT2D eigenvalue weighted by molar-refractivity contribution is 5.96. The summed E-state index contributed by atoms with van der Waals surface area (Å²) in [6.45, 7) is 1.75. The Hall–Kier alpha value is -2.21. The molecule has 1 aromatic heterocycles. The molecule has 6 nitrogen and oxygen atoms in total. The monoisotopic (exact) mass is 274 g/mol. The number of nitrogens with zero attached hydrogens (tertiary/aromatic N) is 4. The third kappa shape index (κ3) is 3.03. The molecule has 0 spiro atoms. The van der Waals surface area contributed by atoms with Crippen LogP contribution in [0.4, 0.5) is 5.82 Å². The number of benzene rings is 1. The SMILES string of the molecule is CN(C)CCN(C)c1ncnc2cc(C(=O)O)ccc12. The number of aromatic nitrogens is 2. The third-order valence-electron chi connectivity index (χ3n) is 3.11. The Morgan fingerprint density at radius 1 is 1.20 bits per heavy atom. The first-order valence-corrected chi connectivity index (χ1v) is 6.33. The molecule has 0 amide bonds. The molecule has 0 aliphatic rings. The van der Waals surface area contributed by atoms with E-state index in [1.54, 1.807) is 18.2 Å². The van der Waals surface area contributed by atoms with Gasteiger partial charge in [0.05, 0.1) is 11.1 Å². The molecule has 2 rings (SSSR count). The van der Waals surface area contributed by atoms with Gasteiger partial charge in [-0.05, 0) is 32.3 Å². The van der Waals surface area contributed by atoms with Crippen LogP contribution in [0.15, 0.2) is 24.5 Å². The maximum atomic E-state index is 11.0. The second kappa shape index (κ2) is 5.83. The van der Waals surface area contributed by atoms with Crippen molar-refractivity contribution >= 4 is 22.7 Å². The zero-order valence-electron chi connectivity index (χ0n) is 11.9. The first-order valence-electron chi connectivity index (χ1n) is 6.33. The molecule has 106 valence electrons. The molecule has 0 fully saturated rings. The zero-order chi connectivity index (χ0) is 14.7. The number of carbonyl (C=O) groups is 1. The van der Waals surface area contributed by atoms with Crippen LogP contribution in [0.5, 0.6) is 0 Å². The molecule has 0 aliphatic heterocycles. The van der Waals surface area contributed by atoms with Crippen LogP contribution in [0.1, 0.15) is 10.4 Å². The Balaban J connectivity index is 2.37. The quantitative estimate of drug-likeness (QED) is 0.887. The van der Waals surface area contributed by atoms with Gasteiger partial charge in [0.1, 0.15) is 12.1 Å². The number of fused-ring (bicyclic) bond motifs is 1. The van der Waals surface area contributed by atoms with E-state index in [4.69, 9.17) is 5.11 Å². The van der Waals surface area contributed by atoms with Crippen molar-refractivity contribution in [1.29, 1.82) is 0 Å². The van der Waals surface area contributed by atoms with Crippen LogP contribution in [0.25, 0.3) is 10.9 Å². The summed E-state index contributed by atoms with van der Waals surface area (Å²) in [4.78, 5) is 23.6. The highest BCUT2D eigenvalue weighted by Crippen LogP contribution is 2.22. The van der Waals surface area contributed by atoms with Crippen LogP contribution in [0, 0.1) is 0 Å². The largest absolute Gasteiger partial charge is 0.478 e. The van der Waals surface area contributed by atoms with Gasteiger partial charge in [-0.2, -0.15) is 0 Å². The van der Waals surface area contributed by atoms with Crippen LogP contribution in [0.3, 0.4) is 0 Å². The Kier molecular flexibility index (Phi) is 4.14. The van der Waals surface area contributed by atoms with Gasteiger partial charge in [0.15, 0.2) is 0 Å². The van der Waals surface area contributed by atoms with Crippen molar-refractivity contribution in [1.82, 2.24) is 14.9 Å². The summed E-state index contributed by atoms with van der Waals surface area (Å²) >= 11 is 0. The minimum atomic E-state index is -0.951. The molecule has 0 bridgehead atoms. The minimum absolute atomic E-state index is 0.234. The zero-order valence-corrected chi connectivity index (χ0v) is 11.9. The maximum absolute atomic E-state index is 11.0. The van der Waals surface area contributed by atoms with Gasteiger partial charge in [-0.15, -0.1) is 0 Å². The summed E-state index contributed by atoms with van der Waals surface area (Å²) in [6, 6.07) is 4.92. The molecule has 1 heterocycles. The lowest BCUT2D eigenvalue weighted by molar-refractivity contribution is 0.0697. The van der Waals surface area contributed by atoms with Gasteiger partial charge in [-0.1, -0.05) is 0 Å². The van der Waals surface area contributed by atoms with E-state index >= 15 is 0 Å². The molecule has 1 N–H and O–H groups in total. The molecule has 0 atom stereocenters. The van der Waals surface area contributed by atoms with Crippen molar-refractivity contribution in [2.75, 3.05) is 39.1 Å². The highest BCUT2D eigenvalue weighted by atomic mass is 16.4. The van der Waals surface area contributed by atoms with Gasteiger partial charge in [0.25, 0.3) is 0 Å². The lowest BCUT2D eigenvalue weighted by Crippen LogP contribution is -2.29. The third-order valence-corrected chi connectivity index (χ3v) is 3.11. The van der Waals surface area contributed by atoms with Crippen molar-refractivity contribution in [3.63, 3.8) is 0 Å². The van der Waals surface area contributed by atoms with E-state index < -0.39 is 5.97 Å². The number of hydrogen-bond donors (Lipinski definition) is 1. The number of rotatable bonds is 5. The highest BCUT2D eigenvalue weighted by Gasteiger charge is 2.11. The fourth-order valence-electron chi connectivity index (χ4n) is 1.94. The smallest absolute Gasteiger partial charge is 0.335 e. The van der Waals surface area contributed by atoms with Gasteiger partial charge < -0.3 is 14.9 Å². The Morgan fingerprint density at radius 2 is 1.95 bits per heavy atom. The van der Waals surface area contributed by atoms with E-state index in [0.717, 1.165) is 24.3 Å². The van der Waals surface area contributed by atoms with E-state index in [0.29, 0.717) is 5.52 Å². The summed E-state index contributed by atoms with van der Waals surface area (Å²) in [5.74, 6) is -0.137. The lowest BCUT2D eigenvalue weighted by atomic mass is 10.1. The van der Waals surface area contributed by atoms with Crippen LogP contribution in [-0.2, 0) is 0 Å². The molecule has 20 heavy (non-hydrogen) atoms. The molecule has 0 saturated heterocycles. The van der Waals surface area contributed by atoms with Crippen molar-refractivity contribution in [3.8, 4) is 0 Å². The van der Waals surface area contributed by atoms with Gasteiger partial charge in [-0.3, -0.25) is 0 Å². The van der Waals surface area contributed by atoms with Gasteiger partial charge >= 0.3 is 5.97 Å². The lowest BCUT2D eigenvalue weighted by Gasteiger charge is -2.21. The first kappa shape index (κ1) is 14.2. The fourth-order valence-corrected chi connectivity index (χ4v) is 1.94. The van der Waals surface area contributed by atoms with Crippen LogP contribution < -0.4 is 4.90 Å². The van der Waals surface area contributed by atoms with Crippen molar-refractivity contribution < 1.29 is 9.90 Å². The molecule has 0 unspecified atom stereocenters. The van der Waals surface area contributed by atoms with Crippen molar-refractivity contribution in [2.24, 2.45) is 0 Å². The second-order valence-electron chi connectivity index (χ2n) is 4.96. The minimum Gasteiger partial charge on any atom is -0.478 e. The number of carboxylic acid groups (broad SMARTS) is 1. The fraction of sp³-hybridized carbons (Fsp3) is 0.357. The van der Waals surface area contributed by atoms with E-state index in [1.807, 2.05) is 26.0 Å². The molecule has 1 aromatic carbocycles. The number of aromatic carboxylic acids is 1. The predicted molar refractivity (Wildman–Crippen MR) is 78.3 cm³/mol. The predicted octanol–water partition coefficient (Wildman–Crippen LogP) is 1.33. The molecule has 6 heteroatoms. The second-order valence-corrected chi connectivity index (χ2v) is 4.96. The standard InChI is InChI=1S/C14H18N4O2/c1-17(2)6-7-18(3)13-11-5-4-10(14(19)20)8-12(11)15-9-16-13/h4-5,8-9H,6-7H2,1-3H3,(H,19,20). The van der Waals surface area contributed by atoms with E-state index in [1.165, 1.54) is 6.33 Å². The molecular weight excluding hydrogens is 256 g/mol. The summed E-state index contributed by atoms with van der Waals surface area (Å²) in [6.07, 6.45) is 1.47. The first-order chi connectivity index (χ1) is 9.49. The van der Waals surface area contributed by atoms with Crippen LogP contribution in [0.2, 0.25) is 0 Å². The summed E-state index contributed by atoms with van der Waals surface area (Å²) in [5.41, 5.74) is 0.879. The van der Waals surface area contributed by atoms with Gasteiger partial charge in [0, 0.05) is 25.5 Å². The molecule has 2 aromatic rings. The Morgan fingerprint density at radius 3 is 2.60 bits per heavy atom. The van der Waals surface area contributed by atoms with Gasteiger partial charge in [-0.25, -0.2) is 14.8 Å². The topological polar surface area (TPSA) is 69.6 Å². The van der Waals surface area contributed by atoms with Crippen LogP contribution >= 0.6 is 0 Å². The summed E-state index contributed by atoms with van der Waals surface area (Å²) < 4.78 is 0. The van der Waals surface area contributed by atoms with Crippen molar-refractivity contribution in [3.05, 3.63) is 30.1 Å². The maximum Gasteiger partial charge on any atom is 0.335 e. The number of likely N-dealkylation sites (N-methyl/N-ethyl adjacent to an activating group) is 2. The number of hydrogen-bond acceptors (Lipinski definition) is 5. The summed E-state index contributed by atoms with van der Waals surface area (Å²) in [5, 5.41) is 9.87. The van der Waals surface area contributed by atoms with Crippen LogP contribution in [-0.4, -0.2) is 60.2 Å². The number of carboxylic acids is 1. The molecular formula is C14H18N4O2. The normalized spacial score (nSPS) is 11.0. The molecule has 0 aliphatic carbocycles. The Bertz CT molecular complexity index is 628. The van der Waals surface area contributed by atoms with Gasteiger partial charge in [0.2, 0.25) is 0 Å². The van der Waals surface area contributed by atoms with E-state index in [9.17, 15) is 4.79 Å². The van der Waals surface area contributed by atoms with E-state index in [-0.39, 0.29) is 5.56 Å². The summed E-state index contributed by atoms with van der Waals surface area (Å²) in [7, 11) is 6.01. The average molecular weight is 274 g/mol.